The maximum Gasteiger partial charge on any atom is 0.472 e. The van der Waals surface area contributed by atoms with Crippen LogP contribution in [0.1, 0.15) is 232 Å². The van der Waals surface area contributed by atoms with E-state index in [4.69, 9.17) is 18.5 Å². The Kier molecular flexibility index (Phi) is 42.9. The molecule has 0 aromatic rings. The summed E-state index contributed by atoms with van der Waals surface area (Å²) in [6, 6.07) is 0. The van der Waals surface area contributed by atoms with Gasteiger partial charge in [0, 0.05) is 13.0 Å². The predicted octanol–water partition coefficient (Wildman–Crippen LogP) is 15.2. The molecule has 2 atom stereocenters. The molecule has 0 saturated heterocycles. The minimum Gasteiger partial charge on any atom is -0.457 e. The number of likely N-dealkylation sites (N-methyl/N-ethyl adjacent to an activating group) is 1. The van der Waals surface area contributed by atoms with Gasteiger partial charge in [-0.3, -0.25) is 13.8 Å². The molecular weight excluding hydrogens is 758 g/mol. The average molecular weight is 857 g/mol. The van der Waals surface area contributed by atoms with Gasteiger partial charge in [-0.2, -0.15) is 0 Å². The number of quaternary nitrogens is 1. The van der Waals surface area contributed by atoms with Crippen LogP contribution in [0.4, 0.5) is 0 Å². The second-order valence-corrected chi connectivity index (χ2v) is 19.6. The number of carbonyl (C=O) groups is 1. The number of phosphoric ester groups is 1. The molecule has 1 N–H and O–H groups in total. The van der Waals surface area contributed by atoms with E-state index in [0.717, 1.165) is 38.5 Å². The van der Waals surface area contributed by atoms with Gasteiger partial charge < -0.3 is 18.9 Å². The molecule has 0 fully saturated rings. The smallest absolute Gasteiger partial charge is 0.457 e. The number of phosphoric acid groups is 1. The standard InChI is InChI=1S/C50H98NO7P/c1-6-8-10-12-14-16-18-20-22-23-24-25-26-27-28-30-32-34-36-38-40-42-45-55-47-49(48-57-59(53,54)56-46-44-51(3,4)5)58-50(52)43-41-39-37-35-33-31-29-21-19-17-15-13-11-9-7-2/h21,23-24,29,49H,6-20,22,25-28,30-48H2,1-5H3/p+1/b24-23-,29-21-. The number of ether oxygens (including phenoxy) is 2. The molecule has 0 aliphatic rings. The van der Waals surface area contributed by atoms with E-state index in [-0.39, 0.29) is 25.8 Å². The summed E-state index contributed by atoms with van der Waals surface area (Å²) in [6.45, 7) is 5.64. The number of carbonyl (C=O) groups excluding carboxylic acids is 1. The molecule has 2 unspecified atom stereocenters. The zero-order valence-corrected chi connectivity index (χ0v) is 40.6. The molecule has 0 bridgehead atoms. The molecule has 0 heterocycles. The quantitative estimate of drug-likeness (QED) is 0.0214. The first kappa shape index (κ1) is 58.0. The van der Waals surface area contributed by atoms with Crippen molar-refractivity contribution in [3.05, 3.63) is 24.3 Å². The molecule has 0 rings (SSSR count). The van der Waals surface area contributed by atoms with Crippen LogP contribution in [0.5, 0.6) is 0 Å². The van der Waals surface area contributed by atoms with Crippen molar-refractivity contribution in [3.8, 4) is 0 Å². The lowest BCUT2D eigenvalue weighted by Gasteiger charge is -2.24. The third-order valence-corrected chi connectivity index (χ3v) is 12.0. The Morgan fingerprint density at radius 1 is 0.508 bits per heavy atom. The monoisotopic (exact) mass is 857 g/mol. The Hall–Kier alpha value is -1.02. The summed E-state index contributed by atoms with van der Waals surface area (Å²) in [5, 5.41) is 0. The zero-order valence-electron chi connectivity index (χ0n) is 39.8. The summed E-state index contributed by atoms with van der Waals surface area (Å²) in [5.74, 6) is -0.320. The fourth-order valence-electron chi connectivity index (χ4n) is 7.07. The Labute approximate surface area is 366 Å². The van der Waals surface area contributed by atoms with Gasteiger partial charge in [0.25, 0.3) is 0 Å². The Balaban J connectivity index is 4.12. The number of esters is 1. The van der Waals surface area contributed by atoms with Gasteiger partial charge >= 0.3 is 13.8 Å². The predicted molar refractivity (Wildman–Crippen MR) is 252 cm³/mol. The van der Waals surface area contributed by atoms with Gasteiger partial charge in [0.1, 0.15) is 19.3 Å². The summed E-state index contributed by atoms with van der Waals surface area (Å²) >= 11 is 0. The van der Waals surface area contributed by atoms with Gasteiger partial charge in [0.15, 0.2) is 0 Å². The fourth-order valence-corrected chi connectivity index (χ4v) is 7.81. The van der Waals surface area contributed by atoms with E-state index in [1.807, 2.05) is 21.1 Å². The topological polar surface area (TPSA) is 91.3 Å². The molecule has 0 radical (unpaired) electrons. The Bertz CT molecular complexity index is 998. The van der Waals surface area contributed by atoms with Gasteiger partial charge in [-0.05, 0) is 64.2 Å². The van der Waals surface area contributed by atoms with Crippen LogP contribution in [0.2, 0.25) is 0 Å². The van der Waals surface area contributed by atoms with Crippen molar-refractivity contribution in [2.24, 2.45) is 0 Å². The lowest BCUT2D eigenvalue weighted by atomic mass is 10.1. The van der Waals surface area contributed by atoms with Gasteiger partial charge in [0.2, 0.25) is 0 Å². The highest BCUT2D eigenvalue weighted by Crippen LogP contribution is 2.43. The molecule has 9 heteroatoms. The lowest BCUT2D eigenvalue weighted by molar-refractivity contribution is -0.870. The molecule has 350 valence electrons. The second kappa shape index (κ2) is 43.6. The van der Waals surface area contributed by atoms with Crippen LogP contribution < -0.4 is 0 Å². The molecular formula is C50H99NO7P+. The number of hydrogen-bond donors (Lipinski definition) is 1. The second-order valence-electron chi connectivity index (χ2n) is 18.2. The van der Waals surface area contributed by atoms with E-state index < -0.39 is 13.9 Å². The van der Waals surface area contributed by atoms with Gasteiger partial charge in [-0.25, -0.2) is 4.57 Å². The van der Waals surface area contributed by atoms with Crippen molar-refractivity contribution in [1.82, 2.24) is 0 Å². The van der Waals surface area contributed by atoms with E-state index in [0.29, 0.717) is 24.1 Å². The summed E-state index contributed by atoms with van der Waals surface area (Å²) in [7, 11) is 1.67. The van der Waals surface area contributed by atoms with Crippen molar-refractivity contribution in [2.45, 2.75) is 238 Å². The highest BCUT2D eigenvalue weighted by atomic mass is 31.2. The van der Waals surface area contributed by atoms with Gasteiger partial charge in [0.05, 0.1) is 34.4 Å². The number of rotatable bonds is 47. The third-order valence-electron chi connectivity index (χ3n) is 11.0. The van der Waals surface area contributed by atoms with Crippen molar-refractivity contribution in [3.63, 3.8) is 0 Å². The van der Waals surface area contributed by atoms with E-state index >= 15 is 0 Å². The summed E-state index contributed by atoms with van der Waals surface area (Å²) in [6.07, 6.45) is 50.8. The minimum absolute atomic E-state index is 0.0883. The molecule has 0 amide bonds. The van der Waals surface area contributed by atoms with Crippen LogP contribution in [-0.4, -0.2) is 75.6 Å². The molecule has 0 saturated carbocycles. The van der Waals surface area contributed by atoms with Crippen LogP contribution in [-0.2, 0) is 27.9 Å². The largest absolute Gasteiger partial charge is 0.472 e. The van der Waals surface area contributed by atoms with Crippen LogP contribution in [0, 0.1) is 0 Å². The van der Waals surface area contributed by atoms with E-state index in [1.54, 1.807) is 0 Å². The minimum atomic E-state index is -4.28. The van der Waals surface area contributed by atoms with E-state index in [9.17, 15) is 14.3 Å². The normalized spacial score (nSPS) is 13.8. The van der Waals surface area contributed by atoms with Crippen molar-refractivity contribution >= 4 is 13.8 Å². The third kappa shape index (κ3) is 47.9. The first-order chi connectivity index (χ1) is 28.6. The van der Waals surface area contributed by atoms with Crippen LogP contribution >= 0.6 is 7.82 Å². The molecule has 0 aliphatic heterocycles. The van der Waals surface area contributed by atoms with E-state index in [1.165, 1.54) is 173 Å². The maximum absolute atomic E-state index is 12.7. The average Bonchev–Trinajstić information content (AvgIpc) is 3.19. The van der Waals surface area contributed by atoms with Crippen LogP contribution in [0.3, 0.4) is 0 Å². The highest BCUT2D eigenvalue weighted by molar-refractivity contribution is 7.47. The molecule has 59 heavy (non-hydrogen) atoms. The number of hydrogen-bond acceptors (Lipinski definition) is 6. The molecule has 8 nitrogen and oxygen atoms in total. The van der Waals surface area contributed by atoms with Crippen molar-refractivity contribution < 1.29 is 37.3 Å². The number of nitrogens with zero attached hydrogens (tertiary/aromatic N) is 1. The van der Waals surface area contributed by atoms with Crippen LogP contribution in [0.15, 0.2) is 24.3 Å². The lowest BCUT2D eigenvalue weighted by Crippen LogP contribution is -2.37. The van der Waals surface area contributed by atoms with Crippen LogP contribution in [0.25, 0.3) is 0 Å². The van der Waals surface area contributed by atoms with Crippen molar-refractivity contribution in [1.29, 1.82) is 0 Å². The number of allylic oxidation sites excluding steroid dienone is 4. The first-order valence-electron chi connectivity index (χ1n) is 25.1. The SMILES string of the molecule is CCCCCCCC/C=C\CCCCCCCC(=O)OC(COCCCCCCCCCCCC/C=C\CCCCCCCCCC)COP(=O)(O)OCC[N+](C)(C)C. The summed E-state index contributed by atoms with van der Waals surface area (Å²) in [5.41, 5.74) is 0. The van der Waals surface area contributed by atoms with Gasteiger partial charge in [-0.1, -0.05) is 186 Å². The highest BCUT2D eigenvalue weighted by Gasteiger charge is 2.26. The number of unbranched alkanes of at least 4 members (excludes halogenated alkanes) is 29. The molecule has 0 aromatic heterocycles. The zero-order chi connectivity index (χ0) is 43.4. The van der Waals surface area contributed by atoms with E-state index in [2.05, 4.69) is 38.2 Å². The summed E-state index contributed by atoms with van der Waals surface area (Å²) < 4.78 is 35.1. The molecule has 0 spiro atoms. The maximum atomic E-state index is 12.7. The Morgan fingerprint density at radius 3 is 1.29 bits per heavy atom. The Morgan fingerprint density at radius 2 is 0.881 bits per heavy atom. The molecule has 0 aromatic carbocycles. The molecule has 0 aliphatic carbocycles. The summed E-state index contributed by atoms with van der Waals surface area (Å²) in [4.78, 5) is 22.9. The van der Waals surface area contributed by atoms with Gasteiger partial charge in [-0.15, -0.1) is 0 Å². The first-order valence-corrected chi connectivity index (χ1v) is 26.6. The fraction of sp³-hybridized carbons (Fsp3) is 0.900. The van der Waals surface area contributed by atoms with Crippen molar-refractivity contribution in [2.75, 3.05) is 54.1 Å².